The molecule has 2 aromatic carbocycles. The lowest BCUT2D eigenvalue weighted by atomic mass is 10.1. The molecule has 1 aliphatic rings. The number of rotatable bonds is 5. The van der Waals surface area contributed by atoms with E-state index in [0.717, 1.165) is 19.6 Å². The summed E-state index contributed by atoms with van der Waals surface area (Å²) in [4.78, 5) is 2.22. The quantitative estimate of drug-likeness (QED) is 0.364. The van der Waals surface area contributed by atoms with Crippen molar-refractivity contribution in [3.8, 4) is 0 Å². The molecule has 1 aromatic heterocycles. The molecule has 0 spiro atoms. The van der Waals surface area contributed by atoms with E-state index >= 15 is 0 Å². The monoisotopic (exact) mass is 509 g/mol. The van der Waals surface area contributed by atoms with E-state index in [0.29, 0.717) is 52.9 Å². The Morgan fingerprint density at radius 2 is 1.42 bits per heavy atom. The van der Waals surface area contributed by atoms with Crippen LogP contribution < -0.4 is 4.57 Å². The number of ether oxygens (including phenoxy) is 4. The van der Waals surface area contributed by atoms with Crippen LogP contribution in [0.3, 0.4) is 0 Å². The van der Waals surface area contributed by atoms with E-state index < -0.39 is 0 Å². The fourth-order valence-electron chi connectivity index (χ4n) is 4.14. The van der Waals surface area contributed by atoms with Crippen LogP contribution in [0.1, 0.15) is 11.9 Å². The van der Waals surface area contributed by atoms with Gasteiger partial charge in [0.15, 0.2) is 0 Å². The summed E-state index contributed by atoms with van der Waals surface area (Å²) in [7, 11) is 0. The maximum Gasteiger partial charge on any atom is 0.262 e. The summed E-state index contributed by atoms with van der Waals surface area (Å²) in [6.07, 6.45) is 12.6. The molecule has 2 heterocycles. The predicted molar refractivity (Wildman–Crippen MR) is 147 cm³/mol. The second-order valence-electron chi connectivity index (χ2n) is 8.39. The Morgan fingerprint density at radius 1 is 0.778 bits per heavy atom. The average molecular weight is 510 g/mol. The van der Waals surface area contributed by atoms with E-state index in [-0.39, 0.29) is 0 Å². The van der Waals surface area contributed by atoms with Crippen molar-refractivity contribution >= 4 is 38.4 Å². The highest BCUT2D eigenvalue weighted by molar-refractivity contribution is 7.19. The first-order chi connectivity index (χ1) is 17.9. The smallest absolute Gasteiger partial charge is 0.262 e. The molecule has 4 rings (SSSR count). The Hall–Kier alpha value is -2.55. The summed E-state index contributed by atoms with van der Waals surface area (Å²) in [6.45, 7) is 9.67. The van der Waals surface area contributed by atoms with Crippen LogP contribution in [0.4, 0.5) is 0 Å². The number of allylic oxidation sites excluding steroid dienone is 4. The minimum absolute atomic E-state index is 0.595. The van der Waals surface area contributed by atoms with E-state index in [9.17, 15) is 0 Å². The molecule has 192 valence electrons. The minimum Gasteiger partial charge on any atom is -0.377 e. The summed E-state index contributed by atoms with van der Waals surface area (Å²) in [6, 6.07) is 13.1. The highest BCUT2D eigenvalue weighted by Crippen LogP contribution is 2.28. The molecule has 7 heteroatoms. The first-order valence-electron chi connectivity index (χ1n) is 12.8. The van der Waals surface area contributed by atoms with Gasteiger partial charge in [-0.2, -0.15) is 4.57 Å². The first kappa shape index (κ1) is 26.5. The topological polar surface area (TPSA) is 44.0 Å². The van der Waals surface area contributed by atoms with E-state index in [1.54, 1.807) is 0 Å². The van der Waals surface area contributed by atoms with Gasteiger partial charge in [-0.3, -0.25) is 0 Å². The Kier molecular flexibility index (Phi) is 11.0. The van der Waals surface area contributed by atoms with Gasteiger partial charge in [0.2, 0.25) is 5.52 Å². The van der Waals surface area contributed by atoms with Gasteiger partial charge in [-0.05, 0) is 36.7 Å². The Balaban J connectivity index is 1.36. The van der Waals surface area contributed by atoms with E-state index in [1.165, 1.54) is 26.0 Å². The summed E-state index contributed by atoms with van der Waals surface area (Å²) in [5, 5.41) is 3.85. The van der Waals surface area contributed by atoms with Crippen LogP contribution in [0.15, 0.2) is 66.9 Å². The Labute approximate surface area is 218 Å². The molecule has 0 saturated carbocycles. The zero-order chi connectivity index (χ0) is 24.8. The van der Waals surface area contributed by atoms with Gasteiger partial charge in [-0.1, -0.05) is 53.8 Å². The summed E-state index contributed by atoms with van der Waals surface area (Å²) < 4.78 is 26.1. The van der Waals surface area contributed by atoms with Crippen LogP contribution in [0.25, 0.3) is 27.1 Å². The summed E-state index contributed by atoms with van der Waals surface area (Å²) >= 11 is 1.84. The number of hydrogen-bond donors (Lipinski definition) is 0. The number of aromatic nitrogens is 1. The van der Waals surface area contributed by atoms with Crippen LogP contribution in [0.2, 0.25) is 0 Å². The molecule has 6 nitrogen and oxygen atoms in total. The largest absolute Gasteiger partial charge is 0.377 e. The maximum absolute atomic E-state index is 5.69. The lowest BCUT2D eigenvalue weighted by Crippen LogP contribution is -2.33. The van der Waals surface area contributed by atoms with Gasteiger partial charge in [0.25, 0.3) is 5.01 Å². The zero-order valence-corrected chi connectivity index (χ0v) is 22.0. The maximum atomic E-state index is 5.69. The van der Waals surface area contributed by atoms with Crippen molar-refractivity contribution in [2.24, 2.45) is 0 Å². The second kappa shape index (κ2) is 14.9. The molecule has 3 aromatic rings. The molecule has 0 bridgehead atoms. The Bertz CT molecular complexity index is 1150. The zero-order valence-electron chi connectivity index (χ0n) is 21.1. The lowest BCUT2D eigenvalue weighted by Gasteiger charge is -2.20. The normalized spacial score (nSPS) is 18.0. The lowest BCUT2D eigenvalue weighted by molar-refractivity contribution is -0.664. The van der Waals surface area contributed by atoms with Crippen LogP contribution in [-0.2, 0) is 25.5 Å². The third kappa shape index (κ3) is 7.72. The van der Waals surface area contributed by atoms with Gasteiger partial charge in [0, 0.05) is 19.2 Å². The van der Waals surface area contributed by atoms with Crippen LogP contribution in [0, 0.1) is 0 Å². The van der Waals surface area contributed by atoms with Crippen LogP contribution in [-0.4, -0.2) is 70.8 Å². The molecule has 1 saturated heterocycles. The summed E-state index contributed by atoms with van der Waals surface area (Å²) in [5.41, 5.74) is 1.32. The standard InChI is InChI=1S/C29H37N2O4S/c1-2-31-28(36-27-13-12-25-9-6-7-10-26(25)29(27)31)11-5-3-4-8-14-30-15-17-32-19-21-34-23-24-35-22-20-33-18-16-30/h3-14H,2,15-24H2,1H3/q+1. The fourth-order valence-corrected chi connectivity index (χ4v) is 5.29. The van der Waals surface area contributed by atoms with Crippen molar-refractivity contribution in [3.05, 3.63) is 71.9 Å². The van der Waals surface area contributed by atoms with Gasteiger partial charge in [0.1, 0.15) is 11.2 Å². The molecule has 0 aliphatic carbocycles. The van der Waals surface area contributed by atoms with Crippen molar-refractivity contribution in [1.82, 2.24) is 4.90 Å². The molecule has 0 unspecified atom stereocenters. The van der Waals surface area contributed by atoms with Crippen LogP contribution >= 0.6 is 11.3 Å². The second-order valence-corrected chi connectivity index (χ2v) is 9.45. The van der Waals surface area contributed by atoms with Crippen molar-refractivity contribution in [2.75, 3.05) is 65.9 Å². The molecule has 36 heavy (non-hydrogen) atoms. The van der Waals surface area contributed by atoms with Gasteiger partial charge < -0.3 is 23.8 Å². The predicted octanol–water partition coefficient (Wildman–Crippen LogP) is 4.83. The van der Waals surface area contributed by atoms with Gasteiger partial charge >= 0.3 is 0 Å². The SMILES string of the molecule is CC[n+]1c(/C=C/C=C/C=C/N2CCOCCOCCOCCOCC2)sc2ccc3ccccc3c21. The number of fused-ring (bicyclic) bond motifs is 3. The molecular formula is C29H37N2O4S+. The van der Waals surface area contributed by atoms with Gasteiger partial charge in [-0.25, -0.2) is 0 Å². The highest BCUT2D eigenvalue weighted by Gasteiger charge is 2.19. The molecule has 0 N–H and O–H groups in total. The van der Waals surface area contributed by atoms with Crippen LogP contribution in [0.5, 0.6) is 0 Å². The van der Waals surface area contributed by atoms with E-state index in [1.807, 2.05) is 11.3 Å². The number of thiazole rings is 1. The molecule has 0 radical (unpaired) electrons. The first-order valence-corrected chi connectivity index (χ1v) is 13.6. The third-order valence-corrected chi connectivity index (χ3v) is 7.08. The van der Waals surface area contributed by atoms with E-state index in [2.05, 4.69) is 89.4 Å². The van der Waals surface area contributed by atoms with Gasteiger partial charge in [0.05, 0.1) is 58.2 Å². The van der Waals surface area contributed by atoms with Gasteiger partial charge in [-0.15, -0.1) is 0 Å². The number of benzene rings is 2. The van der Waals surface area contributed by atoms with Crippen molar-refractivity contribution in [2.45, 2.75) is 13.5 Å². The fraction of sp³-hybridized carbons (Fsp3) is 0.414. The van der Waals surface area contributed by atoms with Crippen molar-refractivity contribution < 1.29 is 23.5 Å². The number of aryl methyl sites for hydroxylation is 1. The molecule has 1 fully saturated rings. The molecule has 0 amide bonds. The average Bonchev–Trinajstić information content (AvgIpc) is 3.27. The summed E-state index contributed by atoms with van der Waals surface area (Å²) in [5.74, 6) is 0. The molecule has 1 aliphatic heterocycles. The van der Waals surface area contributed by atoms with E-state index in [4.69, 9.17) is 18.9 Å². The number of hydrogen-bond acceptors (Lipinski definition) is 6. The van der Waals surface area contributed by atoms with Crippen molar-refractivity contribution in [1.29, 1.82) is 0 Å². The van der Waals surface area contributed by atoms with Crippen molar-refractivity contribution in [3.63, 3.8) is 0 Å². The number of nitrogens with zero attached hydrogens (tertiary/aromatic N) is 2. The Morgan fingerprint density at radius 3 is 2.11 bits per heavy atom. The highest BCUT2D eigenvalue weighted by atomic mass is 32.1. The third-order valence-electron chi connectivity index (χ3n) is 5.96. The molecule has 0 atom stereocenters. The minimum atomic E-state index is 0.595. The molecular weight excluding hydrogens is 472 g/mol.